The molecular formula is C16H15NOS. The maximum atomic E-state index is 11.6. The first-order chi connectivity index (χ1) is 9.33. The quantitative estimate of drug-likeness (QED) is 0.733. The van der Waals surface area contributed by atoms with Crippen molar-refractivity contribution in [3.8, 4) is 0 Å². The molecule has 3 heteroatoms. The molecule has 2 aromatic rings. The van der Waals surface area contributed by atoms with Crippen LogP contribution in [-0.2, 0) is 11.2 Å². The third-order valence-corrected chi connectivity index (χ3v) is 5.46. The minimum atomic E-state index is 0.366. The summed E-state index contributed by atoms with van der Waals surface area (Å²) >= 11 is 1.78. The average Bonchev–Trinajstić information content (AvgIpc) is 2.46. The number of rotatable bonds is 0. The molecule has 2 aliphatic heterocycles. The van der Waals surface area contributed by atoms with Crippen LogP contribution in [0.2, 0.25) is 0 Å². The summed E-state index contributed by atoms with van der Waals surface area (Å²) in [5, 5.41) is 3.09. The molecule has 0 N–H and O–H groups in total. The van der Waals surface area contributed by atoms with Crippen molar-refractivity contribution in [2.24, 2.45) is 0 Å². The SMILES string of the molecule is O=C1CS[C@H]2c3ccc4ccccc4c3CCN2C1. The van der Waals surface area contributed by atoms with Gasteiger partial charge in [-0.2, -0.15) is 0 Å². The average molecular weight is 269 g/mol. The van der Waals surface area contributed by atoms with Crippen LogP contribution in [0.4, 0.5) is 0 Å². The fourth-order valence-corrected chi connectivity index (χ4v) is 4.46. The fraction of sp³-hybridized carbons (Fsp3) is 0.312. The van der Waals surface area contributed by atoms with Crippen molar-refractivity contribution in [3.05, 3.63) is 47.5 Å². The van der Waals surface area contributed by atoms with Crippen molar-refractivity contribution in [1.82, 2.24) is 4.90 Å². The minimum absolute atomic E-state index is 0.366. The number of benzene rings is 2. The molecule has 0 aromatic heterocycles. The van der Waals surface area contributed by atoms with Gasteiger partial charge >= 0.3 is 0 Å². The molecule has 2 aliphatic rings. The van der Waals surface area contributed by atoms with Crippen LogP contribution < -0.4 is 0 Å². The largest absolute Gasteiger partial charge is 0.297 e. The standard InChI is InChI=1S/C16H15NOS/c18-12-9-17-8-7-14-13-4-2-1-3-11(13)5-6-15(14)16(17)19-10-12/h1-6,16H,7-10H2/t16-/m0/s1. The normalized spacial score (nSPS) is 23.2. The van der Waals surface area contributed by atoms with Gasteiger partial charge in [0.05, 0.1) is 17.7 Å². The number of carbonyl (C=O) groups is 1. The van der Waals surface area contributed by atoms with Crippen LogP contribution in [0, 0.1) is 0 Å². The van der Waals surface area contributed by atoms with Gasteiger partial charge in [0.1, 0.15) is 0 Å². The lowest BCUT2D eigenvalue weighted by molar-refractivity contribution is -0.118. The molecule has 1 atom stereocenters. The van der Waals surface area contributed by atoms with Crippen molar-refractivity contribution < 1.29 is 4.79 Å². The molecule has 0 saturated carbocycles. The van der Waals surface area contributed by atoms with E-state index in [1.807, 2.05) is 0 Å². The number of hydrogen-bond acceptors (Lipinski definition) is 3. The molecule has 0 unspecified atom stereocenters. The van der Waals surface area contributed by atoms with E-state index >= 15 is 0 Å². The van der Waals surface area contributed by atoms with E-state index in [0.29, 0.717) is 23.5 Å². The first-order valence-corrected chi connectivity index (χ1v) is 7.76. The zero-order valence-corrected chi connectivity index (χ0v) is 11.5. The Kier molecular flexibility index (Phi) is 2.64. The van der Waals surface area contributed by atoms with Crippen LogP contribution in [0.3, 0.4) is 0 Å². The molecule has 2 heterocycles. The predicted molar refractivity (Wildman–Crippen MR) is 79.4 cm³/mol. The van der Waals surface area contributed by atoms with Crippen LogP contribution in [0.15, 0.2) is 36.4 Å². The smallest absolute Gasteiger partial charge is 0.156 e. The van der Waals surface area contributed by atoms with E-state index in [4.69, 9.17) is 0 Å². The lowest BCUT2D eigenvalue weighted by Crippen LogP contribution is -2.41. The zero-order valence-electron chi connectivity index (χ0n) is 10.6. The molecule has 1 saturated heterocycles. The second-order valence-electron chi connectivity index (χ2n) is 5.28. The van der Waals surface area contributed by atoms with E-state index in [2.05, 4.69) is 41.3 Å². The highest BCUT2D eigenvalue weighted by Gasteiger charge is 2.33. The molecule has 96 valence electrons. The van der Waals surface area contributed by atoms with E-state index in [1.54, 1.807) is 11.8 Å². The number of fused-ring (bicyclic) bond motifs is 5. The van der Waals surface area contributed by atoms with Gasteiger partial charge in [-0.15, -0.1) is 11.8 Å². The maximum Gasteiger partial charge on any atom is 0.156 e. The Hall–Kier alpha value is -1.32. The van der Waals surface area contributed by atoms with Gasteiger partial charge in [0.15, 0.2) is 5.78 Å². The van der Waals surface area contributed by atoms with Crippen molar-refractivity contribution in [2.75, 3.05) is 18.8 Å². The van der Waals surface area contributed by atoms with E-state index in [-0.39, 0.29) is 0 Å². The Morgan fingerprint density at radius 2 is 2.05 bits per heavy atom. The molecule has 4 rings (SSSR count). The summed E-state index contributed by atoms with van der Waals surface area (Å²) in [7, 11) is 0. The van der Waals surface area contributed by atoms with Gasteiger partial charge in [0.25, 0.3) is 0 Å². The highest BCUT2D eigenvalue weighted by molar-refractivity contribution is 8.00. The second-order valence-corrected chi connectivity index (χ2v) is 6.35. The molecular weight excluding hydrogens is 254 g/mol. The molecule has 0 radical (unpaired) electrons. The molecule has 0 bridgehead atoms. The topological polar surface area (TPSA) is 20.3 Å². The monoisotopic (exact) mass is 269 g/mol. The summed E-state index contributed by atoms with van der Waals surface area (Å²) in [6.45, 7) is 1.63. The van der Waals surface area contributed by atoms with Crippen LogP contribution >= 0.6 is 11.8 Å². The number of hydrogen-bond donors (Lipinski definition) is 0. The van der Waals surface area contributed by atoms with Crippen LogP contribution in [-0.4, -0.2) is 29.5 Å². The van der Waals surface area contributed by atoms with E-state index in [0.717, 1.165) is 13.0 Å². The Morgan fingerprint density at radius 1 is 1.16 bits per heavy atom. The summed E-state index contributed by atoms with van der Waals surface area (Å²) in [6.07, 6.45) is 1.06. The molecule has 2 aromatic carbocycles. The van der Waals surface area contributed by atoms with Crippen molar-refractivity contribution in [2.45, 2.75) is 11.8 Å². The Morgan fingerprint density at radius 3 is 3.00 bits per heavy atom. The fourth-order valence-electron chi connectivity index (χ4n) is 3.23. The van der Waals surface area contributed by atoms with Gasteiger partial charge in [-0.1, -0.05) is 36.4 Å². The van der Waals surface area contributed by atoms with Crippen molar-refractivity contribution in [3.63, 3.8) is 0 Å². The number of ketones is 1. The van der Waals surface area contributed by atoms with Gasteiger partial charge in [-0.25, -0.2) is 0 Å². The van der Waals surface area contributed by atoms with Gasteiger partial charge in [0.2, 0.25) is 0 Å². The van der Waals surface area contributed by atoms with Crippen LogP contribution in [0.5, 0.6) is 0 Å². The van der Waals surface area contributed by atoms with Crippen molar-refractivity contribution in [1.29, 1.82) is 0 Å². The number of carbonyl (C=O) groups excluding carboxylic acids is 1. The first-order valence-electron chi connectivity index (χ1n) is 6.71. The van der Waals surface area contributed by atoms with Crippen molar-refractivity contribution >= 4 is 28.3 Å². The molecule has 19 heavy (non-hydrogen) atoms. The summed E-state index contributed by atoms with van der Waals surface area (Å²) in [4.78, 5) is 13.9. The lowest BCUT2D eigenvalue weighted by atomic mass is 9.93. The summed E-state index contributed by atoms with van der Waals surface area (Å²) in [5.74, 6) is 1.03. The summed E-state index contributed by atoms with van der Waals surface area (Å²) in [5.41, 5.74) is 2.91. The van der Waals surface area contributed by atoms with E-state index < -0.39 is 0 Å². The van der Waals surface area contributed by atoms with Crippen LogP contribution in [0.25, 0.3) is 10.8 Å². The van der Waals surface area contributed by atoms with Gasteiger partial charge < -0.3 is 0 Å². The molecule has 0 aliphatic carbocycles. The van der Waals surface area contributed by atoms with Crippen LogP contribution in [0.1, 0.15) is 16.5 Å². The maximum absolute atomic E-state index is 11.6. The first kappa shape index (κ1) is 11.5. The predicted octanol–water partition coefficient (Wildman–Crippen LogP) is 3.01. The molecule has 0 amide bonds. The molecule has 0 spiro atoms. The highest BCUT2D eigenvalue weighted by Crippen LogP contribution is 2.42. The number of Topliss-reactive ketones (excluding diaryl/α,β-unsaturated/α-hetero) is 1. The van der Waals surface area contributed by atoms with Gasteiger partial charge in [-0.05, 0) is 28.3 Å². The van der Waals surface area contributed by atoms with E-state index in [1.165, 1.54) is 21.9 Å². The Balaban J connectivity index is 1.86. The second kappa shape index (κ2) is 4.36. The Labute approximate surface area is 116 Å². The van der Waals surface area contributed by atoms with Gasteiger partial charge in [-0.3, -0.25) is 9.69 Å². The minimum Gasteiger partial charge on any atom is -0.297 e. The summed E-state index contributed by atoms with van der Waals surface area (Å²) in [6, 6.07) is 13.1. The third-order valence-electron chi connectivity index (χ3n) is 4.11. The molecule has 1 fully saturated rings. The number of thioether (sulfide) groups is 1. The van der Waals surface area contributed by atoms with Gasteiger partial charge in [0, 0.05) is 6.54 Å². The number of nitrogens with zero attached hydrogens (tertiary/aromatic N) is 1. The Bertz CT molecular complexity index is 667. The highest BCUT2D eigenvalue weighted by atomic mass is 32.2. The van der Waals surface area contributed by atoms with E-state index in [9.17, 15) is 4.79 Å². The summed E-state index contributed by atoms with van der Waals surface area (Å²) < 4.78 is 0. The zero-order chi connectivity index (χ0) is 12.8. The lowest BCUT2D eigenvalue weighted by Gasteiger charge is -2.39. The third kappa shape index (κ3) is 1.80. The molecule has 2 nitrogen and oxygen atoms in total.